The second-order valence-corrected chi connectivity index (χ2v) is 3.27. The minimum Gasteiger partial charge on any atom is -0.294 e. The van der Waals surface area contributed by atoms with Gasteiger partial charge in [0, 0.05) is 17.3 Å². The minimum absolute atomic E-state index is 0.0347. The van der Waals surface area contributed by atoms with Gasteiger partial charge in [0.15, 0.2) is 5.78 Å². The maximum Gasteiger partial charge on any atom is 0.160 e. The Balaban J connectivity index is 2.58. The van der Waals surface area contributed by atoms with Crippen LogP contribution in [-0.2, 0) is 0 Å². The highest BCUT2D eigenvalue weighted by Crippen LogP contribution is 2.21. The van der Waals surface area contributed by atoms with E-state index in [0.29, 0.717) is 5.56 Å². The molecule has 1 heterocycles. The second kappa shape index (κ2) is 4.05. The van der Waals surface area contributed by atoms with E-state index >= 15 is 0 Å². The van der Waals surface area contributed by atoms with Gasteiger partial charge in [-0.3, -0.25) is 9.78 Å². The van der Waals surface area contributed by atoms with Gasteiger partial charge in [-0.25, -0.2) is 0 Å². The largest absolute Gasteiger partial charge is 0.294 e. The summed E-state index contributed by atoms with van der Waals surface area (Å²) in [5.41, 5.74) is 2.40. The van der Waals surface area contributed by atoms with Crippen LogP contribution in [0.5, 0.6) is 0 Å². The van der Waals surface area contributed by atoms with Gasteiger partial charge in [-0.05, 0) is 18.6 Å². The number of carbonyl (C=O) groups is 1. The van der Waals surface area contributed by atoms with Crippen LogP contribution in [0.1, 0.15) is 17.3 Å². The van der Waals surface area contributed by atoms with E-state index in [9.17, 15) is 4.79 Å². The van der Waals surface area contributed by atoms with Crippen LogP contribution in [-0.4, -0.2) is 10.8 Å². The third-order valence-electron chi connectivity index (χ3n) is 2.20. The van der Waals surface area contributed by atoms with E-state index in [1.54, 1.807) is 19.2 Å². The Hall–Kier alpha value is -1.96. The van der Waals surface area contributed by atoms with Crippen LogP contribution < -0.4 is 0 Å². The molecule has 0 saturated heterocycles. The molecule has 0 fully saturated rings. The van der Waals surface area contributed by atoms with Gasteiger partial charge >= 0.3 is 0 Å². The molecule has 73 valence electrons. The molecule has 0 saturated carbocycles. The standard InChI is InChI=1S/C13H10NO/c1-10(15)12-7-8-14-9-13(12)11-5-3-2-4-6-11/h2-8H,1H3. The summed E-state index contributed by atoms with van der Waals surface area (Å²) in [4.78, 5) is 15.3. The third-order valence-corrected chi connectivity index (χ3v) is 2.20. The molecule has 0 aliphatic rings. The Morgan fingerprint density at radius 2 is 1.93 bits per heavy atom. The zero-order valence-corrected chi connectivity index (χ0v) is 8.40. The maximum absolute atomic E-state index is 11.4. The molecule has 0 atom stereocenters. The van der Waals surface area contributed by atoms with E-state index < -0.39 is 0 Å². The smallest absolute Gasteiger partial charge is 0.160 e. The molecule has 0 unspecified atom stereocenters. The summed E-state index contributed by atoms with van der Waals surface area (Å²) in [5.74, 6) is 0.0347. The Labute approximate surface area is 88.6 Å². The quantitative estimate of drug-likeness (QED) is 0.691. The van der Waals surface area contributed by atoms with E-state index in [-0.39, 0.29) is 5.78 Å². The van der Waals surface area contributed by atoms with E-state index in [0.717, 1.165) is 11.1 Å². The van der Waals surface area contributed by atoms with Crippen molar-refractivity contribution in [2.75, 3.05) is 0 Å². The fourth-order valence-corrected chi connectivity index (χ4v) is 1.48. The number of Topliss-reactive ketones (excluding diaryl/α,β-unsaturated/α-hetero) is 1. The first-order valence-electron chi connectivity index (χ1n) is 4.72. The maximum atomic E-state index is 11.4. The number of ketones is 1. The van der Waals surface area contributed by atoms with Gasteiger partial charge in [0.2, 0.25) is 0 Å². The molecule has 0 bridgehead atoms. The van der Waals surface area contributed by atoms with Gasteiger partial charge in [-0.15, -0.1) is 0 Å². The predicted molar refractivity (Wildman–Crippen MR) is 58.5 cm³/mol. The van der Waals surface area contributed by atoms with Crippen molar-refractivity contribution >= 4 is 5.78 Å². The molecule has 2 aromatic rings. The zero-order chi connectivity index (χ0) is 10.7. The summed E-state index contributed by atoms with van der Waals surface area (Å²) < 4.78 is 0. The van der Waals surface area contributed by atoms with Crippen molar-refractivity contribution in [2.45, 2.75) is 6.92 Å². The number of rotatable bonds is 2. The topological polar surface area (TPSA) is 30.0 Å². The van der Waals surface area contributed by atoms with Gasteiger partial charge in [-0.2, -0.15) is 0 Å². The lowest BCUT2D eigenvalue weighted by Crippen LogP contribution is -1.96. The third kappa shape index (κ3) is 1.94. The first-order chi connectivity index (χ1) is 7.29. The Bertz CT molecular complexity index is 477. The fraction of sp³-hybridized carbons (Fsp3) is 0.0769. The summed E-state index contributed by atoms with van der Waals surface area (Å²) >= 11 is 0. The van der Waals surface area contributed by atoms with E-state index in [4.69, 9.17) is 0 Å². The highest BCUT2D eigenvalue weighted by molar-refractivity contribution is 6.00. The van der Waals surface area contributed by atoms with Crippen LogP contribution in [0.3, 0.4) is 0 Å². The van der Waals surface area contributed by atoms with Crippen molar-refractivity contribution in [1.29, 1.82) is 0 Å². The zero-order valence-electron chi connectivity index (χ0n) is 8.40. The second-order valence-electron chi connectivity index (χ2n) is 3.27. The highest BCUT2D eigenvalue weighted by atomic mass is 16.1. The number of hydrogen-bond acceptors (Lipinski definition) is 2. The van der Waals surface area contributed by atoms with Gasteiger partial charge in [-0.1, -0.05) is 30.3 Å². The average Bonchev–Trinajstić information content (AvgIpc) is 2.30. The SMILES string of the molecule is CC(=O)c1ccn[c]c1-c1ccccc1. The van der Waals surface area contributed by atoms with Crippen molar-refractivity contribution in [2.24, 2.45) is 0 Å². The van der Waals surface area contributed by atoms with E-state index in [2.05, 4.69) is 11.2 Å². The van der Waals surface area contributed by atoms with Crippen molar-refractivity contribution in [3.8, 4) is 11.1 Å². The number of nitrogens with zero attached hydrogens (tertiary/aromatic N) is 1. The van der Waals surface area contributed by atoms with Crippen LogP contribution >= 0.6 is 0 Å². The van der Waals surface area contributed by atoms with Gasteiger partial charge in [0.05, 0.1) is 6.20 Å². The predicted octanol–water partition coefficient (Wildman–Crippen LogP) is 2.75. The molecule has 0 amide bonds. The summed E-state index contributed by atoms with van der Waals surface area (Å²) in [5, 5.41) is 0. The Kier molecular flexibility index (Phi) is 2.59. The van der Waals surface area contributed by atoms with Crippen molar-refractivity contribution in [3.05, 3.63) is 54.4 Å². The molecular weight excluding hydrogens is 186 g/mol. The summed E-state index contributed by atoms with van der Waals surface area (Å²) in [6.45, 7) is 1.55. The molecule has 2 heteroatoms. The molecule has 0 spiro atoms. The van der Waals surface area contributed by atoms with Crippen LogP contribution in [0.25, 0.3) is 11.1 Å². The normalized spacial score (nSPS) is 9.93. The molecular formula is C13H10NO. The molecule has 2 nitrogen and oxygen atoms in total. The number of pyridine rings is 1. The number of benzene rings is 1. The fourth-order valence-electron chi connectivity index (χ4n) is 1.48. The van der Waals surface area contributed by atoms with Crippen molar-refractivity contribution in [3.63, 3.8) is 0 Å². The number of hydrogen-bond donors (Lipinski definition) is 0. The summed E-state index contributed by atoms with van der Waals surface area (Å²) in [6, 6.07) is 11.4. The van der Waals surface area contributed by atoms with E-state index in [1.807, 2.05) is 30.3 Å². The molecule has 1 radical (unpaired) electrons. The highest BCUT2D eigenvalue weighted by Gasteiger charge is 2.08. The lowest BCUT2D eigenvalue weighted by atomic mass is 10.0. The van der Waals surface area contributed by atoms with Crippen LogP contribution in [0.4, 0.5) is 0 Å². The molecule has 0 aliphatic heterocycles. The first-order valence-corrected chi connectivity index (χ1v) is 4.72. The Morgan fingerprint density at radius 1 is 1.20 bits per heavy atom. The van der Waals surface area contributed by atoms with Gasteiger partial charge in [0.25, 0.3) is 0 Å². The van der Waals surface area contributed by atoms with Crippen LogP contribution in [0.15, 0.2) is 42.6 Å². The number of aromatic nitrogens is 1. The van der Waals surface area contributed by atoms with Gasteiger partial charge < -0.3 is 0 Å². The first kappa shape index (κ1) is 9.59. The molecule has 15 heavy (non-hydrogen) atoms. The lowest BCUT2D eigenvalue weighted by molar-refractivity contribution is 0.101. The molecule has 1 aromatic heterocycles. The van der Waals surface area contributed by atoms with Crippen molar-refractivity contribution in [1.82, 2.24) is 4.98 Å². The molecule has 2 rings (SSSR count). The monoisotopic (exact) mass is 196 g/mol. The number of carbonyl (C=O) groups excluding carboxylic acids is 1. The minimum atomic E-state index is 0.0347. The summed E-state index contributed by atoms with van der Waals surface area (Å²) in [7, 11) is 0. The lowest BCUT2D eigenvalue weighted by Gasteiger charge is -2.04. The Morgan fingerprint density at radius 3 is 2.60 bits per heavy atom. The summed E-state index contributed by atoms with van der Waals surface area (Å²) in [6.07, 6.45) is 4.45. The van der Waals surface area contributed by atoms with Gasteiger partial charge in [0.1, 0.15) is 0 Å². The molecule has 1 aromatic carbocycles. The van der Waals surface area contributed by atoms with E-state index in [1.165, 1.54) is 0 Å². The van der Waals surface area contributed by atoms with Crippen molar-refractivity contribution < 1.29 is 4.79 Å². The molecule has 0 aliphatic carbocycles. The van der Waals surface area contributed by atoms with Crippen LogP contribution in [0, 0.1) is 6.20 Å². The van der Waals surface area contributed by atoms with Crippen LogP contribution in [0.2, 0.25) is 0 Å². The molecule has 0 N–H and O–H groups in total. The average molecular weight is 196 g/mol.